The number of amides is 1. The molecule has 0 bridgehead atoms. The molecule has 1 atom stereocenters. The SMILES string of the molecule is COc1cccc([C@@H](CN2CCN(C(=O)c3ccc(Br)cc3)CC2)OCc2cccc(Cl)c2)c1. The van der Waals surface area contributed by atoms with Crippen LogP contribution in [0.1, 0.15) is 27.6 Å². The fourth-order valence-corrected chi connectivity index (χ4v) is 4.54. The number of hydrogen-bond acceptors (Lipinski definition) is 4. The van der Waals surface area contributed by atoms with Crippen LogP contribution in [0.3, 0.4) is 0 Å². The molecule has 4 rings (SSSR count). The first-order valence-corrected chi connectivity index (χ1v) is 12.5. The van der Waals surface area contributed by atoms with Crippen LogP contribution in [0.2, 0.25) is 5.02 Å². The van der Waals surface area contributed by atoms with Gasteiger partial charge in [0.1, 0.15) is 5.75 Å². The third-order valence-corrected chi connectivity index (χ3v) is 6.74. The number of piperazine rings is 1. The van der Waals surface area contributed by atoms with E-state index >= 15 is 0 Å². The van der Waals surface area contributed by atoms with Gasteiger partial charge in [0.2, 0.25) is 0 Å². The Kier molecular flexibility index (Phi) is 8.62. The van der Waals surface area contributed by atoms with E-state index in [1.165, 1.54) is 0 Å². The second kappa shape index (κ2) is 11.8. The lowest BCUT2D eigenvalue weighted by molar-refractivity contribution is 0.00333. The topological polar surface area (TPSA) is 42.0 Å². The van der Waals surface area contributed by atoms with E-state index in [0.29, 0.717) is 24.7 Å². The van der Waals surface area contributed by atoms with Crippen molar-refractivity contribution in [2.45, 2.75) is 12.7 Å². The summed E-state index contributed by atoms with van der Waals surface area (Å²) in [4.78, 5) is 17.1. The number of nitrogens with zero attached hydrogens (tertiary/aromatic N) is 2. The molecule has 0 aliphatic carbocycles. The highest BCUT2D eigenvalue weighted by Gasteiger charge is 2.25. The van der Waals surface area contributed by atoms with E-state index in [1.807, 2.05) is 71.6 Å². The molecule has 0 unspecified atom stereocenters. The molecule has 1 saturated heterocycles. The molecule has 0 N–H and O–H groups in total. The molecule has 1 amide bonds. The van der Waals surface area contributed by atoms with E-state index in [4.69, 9.17) is 21.1 Å². The van der Waals surface area contributed by atoms with Crippen LogP contribution < -0.4 is 4.74 Å². The summed E-state index contributed by atoms with van der Waals surface area (Å²) in [5.41, 5.74) is 2.82. The highest BCUT2D eigenvalue weighted by Crippen LogP contribution is 2.26. The van der Waals surface area contributed by atoms with Crippen LogP contribution in [0, 0.1) is 0 Å². The summed E-state index contributed by atoms with van der Waals surface area (Å²) in [6.45, 7) is 4.16. The van der Waals surface area contributed by atoms with Crippen LogP contribution in [-0.4, -0.2) is 55.5 Å². The zero-order chi connectivity index (χ0) is 23.9. The summed E-state index contributed by atoms with van der Waals surface area (Å²) in [7, 11) is 1.67. The van der Waals surface area contributed by atoms with Gasteiger partial charge < -0.3 is 14.4 Å². The number of methoxy groups -OCH3 is 1. The largest absolute Gasteiger partial charge is 0.497 e. The van der Waals surface area contributed by atoms with E-state index < -0.39 is 0 Å². The molecule has 1 aliphatic heterocycles. The molecule has 34 heavy (non-hydrogen) atoms. The highest BCUT2D eigenvalue weighted by atomic mass is 79.9. The van der Waals surface area contributed by atoms with Gasteiger partial charge in [0.25, 0.3) is 5.91 Å². The van der Waals surface area contributed by atoms with Crippen LogP contribution in [0.15, 0.2) is 77.3 Å². The molecule has 1 heterocycles. The van der Waals surface area contributed by atoms with Crippen molar-refractivity contribution < 1.29 is 14.3 Å². The lowest BCUT2D eigenvalue weighted by atomic mass is 10.1. The van der Waals surface area contributed by atoms with Gasteiger partial charge >= 0.3 is 0 Å². The second-order valence-electron chi connectivity index (χ2n) is 8.31. The van der Waals surface area contributed by atoms with Crippen molar-refractivity contribution in [2.75, 3.05) is 39.8 Å². The number of hydrogen-bond donors (Lipinski definition) is 0. The molecular formula is C27H28BrClN2O3. The number of ether oxygens (including phenoxy) is 2. The van der Waals surface area contributed by atoms with Gasteiger partial charge in [-0.05, 0) is 59.7 Å². The molecule has 3 aromatic rings. The van der Waals surface area contributed by atoms with Gasteiger partial charge in [0.15, 0.2) is 0 Å². The maximum Gasteiger partial charge on any atom is 0.253 e. The van der Waals surface area contributed by atoms with E-state index in [9.17, 15) is 4.79 Å². The number of halogens is 2. The number of carbonyl (C=O) groups is 1. The van der Waals surface area contributed by atoms with Crippen LogP contribution in [0.25, 0.3) is 0 Å². The number of rotatable bonds is 8. The van der Waals surface area contributed by atoms with Crippen molar-refractivity contribution in [1.82, 2.24) is 9.80 Å². The summed E-state index contributed by atoms with van der Waals surface area (Å²) in [5, 5.41) is 0.700. The highest BCUT2D eigenvalue weighted by molar-refractivity contribution is 9.10. The summed E-state index contributed by atoms with van der Waals surface area (Å²) in [5.74, 6) is 0.882. The monoisotopic (exact) mass is 542 g/mol. The van der Waals surface area contributed by atoms with E-state index in [1.54, 1.807) is 7.11 Å². The van der Waals surface area contributed by atoms with Crippen molar-refractivity contribution in [2.24, 2.45) is 0 Å². The van der Waals surface area contributed by atoms with Crippen LogP contribution >= 0.6 is 27.5 Å². The predicted octanol–water partition coefficient (Wildman–Crippen LogP) is 5.83. The van der Waals surface area contributed by atoms with Crippen molar-refractivity contribution in [3.63, 3.8) is 0 Å². The molecule has 1 fully saturated rings. The fourth-order valence-electron chi connectivity index (χ4n) is 4.06. The number of carbonyl (C=O) groups excluding carboxylic acids is 1. The molecule has 0 aromatic heterocycles. The lowest BCUT2D eigenvalue weighted by Gasteiger charge is -2.36. The van der Waals surface area contributed by atoms with Crippen molar-refractivity contribution in [3.8, 4) is 5.75 Å². The van der Waals surface area contributed by atoms with Crippen molar-refractivity contribution >= 4 is 33.4 Å². The minimum Gasteiger partial charge on any atom is -0.497 e. The molecule has 0 saturated carbocycles. The normalized spacial score (nSPS) is 15.2. The Morgan fingerprint density at radius 3 is 2.44 bits per heavy atom. The first-order chi connectivity index (χ1) is 16.5. The van der Waals surface area contributed by atoms with Crippen LogP contribution in [0.5, 0.6) is 5.75 Å². The molecule has 3 aromatic carbocycles. The van der Waals surface area contributed by atoms with Crippen molar-refractivity contribution in [3.05, 3.63) is 99.0 Å². The Hall–Kier alpha value is -2.38. The van der Waals surface area contributed by atoms with Gasteiger partial charge in [-0.15, -0.1) is 0 Å². The fraction of sp³-hybridized carbons (Fsp3) is 0.296. The molecule has 0 spiro atoms. The van der Waals surface area contributed by atoms with Gasteiger partial charge in [-0.3, -0.25) is 9.69 Å². The molecular weight excluding hydrogens is 516 g/mol. The third kappa shape index (κ3) is 6.60. The summed E-state index contributed by atoms with van der Waals surface area (Å²) in [6.07, 6.45) is -0.136. The van der Waals surface area contributed by atoms with Gasteiger partial charge in [0.05, 0.1) is 19.8 Å². The summed E-state index contributed by atoms with van der Waals surface area (Å²) in [6, 6.07) is 23.3. The maximum atomic E-state index is 12.9. The molecule has 7 heteroatoms. The molecule has 5 nitrogen and oxygen atoms in total. The van der Waals surface area contributed by atoms with Gasteiger partial charge in [-0.25, -0.2) is 0 Å². The molecule has 1 aliphatic rings. The average molecular weight is 544 g/mol. The first-order valence-electron chi connectivity index (χ1n) is 11.3. The number of benzene rings is 3. The van der Waals surface area contributed by atoms with E-state index in [0.717, 1.165) is 46.5 Å². The Bertz CT molecular complexity index is 1100. The first kappa shape index (κ1) is 24.7. The zero-order valence-corrected chi connectivity index (χ0v) is 21.5. The Labute approximate surface area is 214 Å². The lowest BCUT2D eigenvalue weighted by Crippen LogP contribution is -2.49. The predicted molar refractivity (Wildman–Crippen MR) is 138 cm³/mol. The van der Waals surface area contributed by atoms with Gasteiger partial charge in [-0.1, -0.05) is 51.8 Å². The Balaban J connectivity index is 1.40. The zero-order valence-electron chi connectivity index (χ0n) is 19.1. The standard InChI is InChI=1S/C27H28BrClN2O3/c1-33-25-7-3-5-22(17-25)26(34-19-20-4-2-6-24(29)16-20)18-30-12-14-31(15-13-30)27(32)21-8-10-23(28)11-9-21/h2-11,16-17,26H,12-15,18-19H2,1H3/t26-/m1/s1. The van der Waals surface area contributed by atoms with Crippen LogP contribution in [-0.2, 0) is 11.3 Å². The van der Waals surface area contributed by atoms with Gasteiger partial charge in [0, 0.05) is 47.8 Å². The Morgan fingerprint density at radius 2 is 1.74 bits per heavy atom. The molecule has 0 radical (unpaired) electrons. The third-order valence-electron chi connectivity index (χ3n) is 5.98. The minimum absolute atomic E-state index is 0.0775. The smallest absolute Gasteiger partial charge is 0.253 e. The van der Waals surface area contributed by atoms with Gasteiger partial charge in [-0.2, -0.15) is 0 Å². The quantitative estimate of drug-likeness (QED) is 0.359. The van der Waals surface area contributed by atoms with E-state index in [2.05, 4.69) is 26.9 Å². The maximum absolute atomic E-state index is 12.9. The van der Waals surface area contributed by atoms with E-state index in [-0.39, 0.29) is 12.0 Å². The second-order valence-corrected chi connectivity index (χ2v) is 9.66. The average Bonchev–Trinajstić information content (AvgIpc) is 2.87. The summed E-state index contributed by atoms with van der Waals surface area (Å²) < 4.78 is 12.8. The molecule has 178 valence electrons. The van der Waals surface area contributed by atoms with Crippen LogP contribution in [0.4, 0.5) is 0 Å². The summed E-state index contributed by atoms with van der Waals surface area (Å²) >= 11 is 9.57. The minimum atomic E-state index is -0.136. The Morgan fingerprint density at radius 1 is 1.00 bits per heavy atom. The van der Waals surface area contributed by atoms with Crippen molar-refractivity contribution in [1.29, 1.82) is 0 Å².